The molecular weight excluding hydrogens is 394 g/mol. The molecule has 1 aliphatic heterocycles. The standard InChI is InChI=1S/C24H29N3O4/c1-17-13-19(18(2)27(17)16-23-5-4-11-30-23)14-20(15-25)24(28)26-10-12-31-22-8-6-21(29-3)7-9-22/h6-9,13-14,23H,4-5,10-12,16H2,1-3H3,(H,26,28)/b20-14+. The summed E-state index contributed by atoms with van der Waals surface area (Å²) in [6.07, 6.45) is 4.03. The van der Waals surface area contributed by atoms with E-state index in [4.69, 9.17) is 14.2 Å². The van der Waals surface area contributed by atoms with Gasteiger partial charge in [0.25, 0.3) is 5.91 Å². The van der Waals surface area contributed by atoms with Gasteiger partial charge in [-0.25, -0.2) is 0 Å². The first-order valence-corrected chi connectivity index (χ1v) is 10.5. The fourth-order valence-corrected chi connectivity index (χ4v) is 3.65. The molecule has 7 heteroatoms. The molecule has 1 aromatic heterocycles. The second-order valence-electron chi connectivity index (χ2n) is 7.52. The van der Waals surface area contributed by atoms with Gasteiger partial charge in [-0.1, -0.05) is 0 Å². The number of benzene rings is 1. The van der Waals surface area contributed by atoms with E-state index < -0.39 is 5.91 Å². The minimum Gasteiger partial charge on any atom is -0.497 e. The van der Waals surface area contributed by atoms with Crippen molar-refractivity contribution in [1.82, 2.24) is 9.88 Å². The second kappa shape index (κ2) is 10.7. The van der Waals surface area contributed by atoms with Gasteiger partial charge < -0.3 is 24.1 Å². The van der Waals surface area contributed by atoms with Crippen LogP contribution in [0.4, 0.5) is 0 Å². The van der Waals surface area contributed by atoms with Gasteiger partial charge in [0.2, 0.25) is 0 Å². The van der Waals surface area contributed by atoms with E-state index in [1.807, 2.05) is 26.0 Å². The second-order valence-corrected chi connectivity index (χ2v) is 7.52. The first-order chi connectivity index (χ1) is 15.0. The van der Waals surface area contributed by atoms with Crippen LogP contribution in [-0.4, -0.2) is 43.4 Å². The number of nitrogens with zero attached hydrogens (tertiary/aromatic N) is 2. The molecule has 1 aliphatic rings. The van der Waals surface area contributed by atoms with Gasteiger partial charge in [0.05, 0.1) is 19.8 Å². The van der Waals surface area contributed by atoms with Crippen molar-refractivity contribution >= 4 is 12.0 Å². The van der Waals surface area contributed by atoms with Crippen LogP contribution >= 0.6 is 0 Å². The highest BCUT2D eigenvalue weighted by Gasteiger charge is 2.19. The van der Waals surface area contributed by atoms with Gasteiger partial charge >= 0.3 is 0 Å². The number of ether oxygens (including phenoxy) is 3. The highest BCUT2D eigenvalue weighted by atomic mass is 16.5. The summed E-state index contributed by atoms with van der Waals surface area (Å²) >= 11 is 0. The number of aryl methyl sites for hydroxylation is 1. The molecule has 2 aromatic rings. The average Bonchev–Trinajstić information content (AvgIpc) is 3.39. The van der Waals surface area contributed by atoms with E-state index >= 15 is 0 Å². The molecule has 0 spiro atoms. The lowest BCUT2D eigenvalue weighted by Gasteiger charge is -2.14. The Morgan fingerprint density at radius 3 is 2.71 bits per heavy atom. The van der Waals surface area contributed by atoms with Gasteiger partial charge in [0, 0.05) is 24.5 Å². The molecule has 7 nitrogen and oxygen atoms in total. The van der Waals surface area contributed by atoms with Crippen molar-refractivity contribution in [3.05, 3.63) is 52.9 Å². The number of hydrogen-bond donors (Lipinski definition) is 1. The lowest BCUT2D eigenvalue weighted by molar-refractivity contribution is -0.117. The Morgan fingerprint density at radius 1 is 1.32 bits per heavy atom. The number of aromatic nitrogens is 1. The summed E-state index contributed by atoms with van der Waals surface area (Å²) in [5, 5.41) is 12.2. The van der Waals surface area contributed by atoms with E-state index in [1.165, 1.54) is 0 Å². The van der Waals surface area contributed by atoms with E-state index in [1.54, 1.807) is 37.5 Å². The van der Waals surface area contributed by atoms with E-state index in [0.717, 1.165) is 48.7 Å². The maximum atomic E-state index is 12.5. The van der Waals surface area contributed by atoms with Gasteiger partial charge in [0.1, 0.15) is 29.7 Å². The molecule has 0 radical (unpaired) electrons. The van der Waals surface area contributed by atoms with Gasteiger partial charge in [0.15, 0.2) is 0 Å². The molecule has 0 saturated carbocycles. The number of carbonyl (C=O) groups excluding carboxylic acids is 1. The Balaban J connectivity index is 1.56. The Kier molecular flexibility index (Phi) is 7.74. The summed E-state index contributed by atoms with van der Waals surface area (Å²) in [5.74, 6) is 1.02. The Morgan fingerprint density at radius 2 is 2.06 bits per heavy atom. The van der Waals surface area contributed by atoms with Crippen LogP contribution in [0.15, 0.2) is 35.9 Å². The molecule has 1 amide bonds. The maximum absolute atomic E-state index is 12.5. The molecule has 0 aliphatic carbocycles. The number of nitriles is 1. The molecule has 31 heavy (non-hydrogen) atoms. The van der Waals surface area contributed by atoms with Gasteiger partial charge in [-0.3, -0.25) is 4.79 Å². The first-order valence-electron chi connectivity index (χ1n) is 10.5. The summed E-state index contributed by atoms with van der Waals surface area (Å²) in [7, 11) is 1.60. The van der Waals surface area contributed by atoms with E-state index in [-0.39, 0.29) is 11.7 Å². The van der Waals surface area contributed by atoms with E-state index in [9.17, 15) is 10.1 Å². The molecule has 3 rings (SSSR count). The third-order valence-corrected chi connectivity index (χ3v) is 5.40. The van der Waals surface area contributed by atoms with Crippen LogP contribution in [-0.2, 0) is 16.1 Å². The van der Waals surface area contributed by atoms with E-state index in [2.05, 4.69) is 9.88 Å². The fraction of sp³-hybridized carbons (Fsp3) is 0.417. The molecule has 1 atom stereocenters. The molecule has 1 fully saturated rings. The van der Waals surface area contributed by atoms with Gasteiger partial charge in [-0.2, -0.15) is 5.26 Å². The largest absolute Gasteiger partial charge is 0.497 e. The average molecular weight is 424 g/mol. The Bertz CT molecular complexity index is 964. The zero-order valence-corrected chi connectivity index (χ0v) is 18.3. The van der Waals surface area contributed by atoms with Crippen LogP contribution in [0.3, 0.4) is 0 Å². The summed E-state index contributed by atoms with van der Waals surface area (Å²) in [6.45, 7) is 6.24. The molecule has 1 aromatic carbocycles. The number of rotatable bonds is 9. The predicted octanol–water partition coefficient (Wildman–Crippen LogP) is 3.39. The van der Waals surface area contributed by atoms with Crippen molar-refractivity contribution in [2.24, 2.45) is 0 Å². The van der Waals surface area contributed by atoms with Crippen molar-refractivity contribution in [2.45, 2.75) is 39.3 Å². The molecule has 164 valence electrons. The summed E-state index contributed by atoms with van der Waals surface area (Å²) < 4.78 is 18.6. The van der Waals surface area contributed by atoms with Crippen molar-refractivity contribution in [3.63, 3.8) is 0 Å². The minimum atomic E-state index is -0.412. The third-order valence-electron chi connectivity index (χ3n) is 5.40. The zero-order valence-electron chi connectivity index (χ0n) is 18.3. The van der Waals surface area contributed by atoms with Gasteiger partial charge in [-0.15, -0.1) is 0 Å². The number of hydrogen-bond acceptors (Lipinski definition) is 5. The smallest absolute Gasteiger partial charge is 0.262 e. The molecular formula is C24H29N3O4. The van der Waals surface area contributed by atoms with Crippen LogP contribution in [0.5, 0.6) is 11.5 Å². The lowest BCUT2D eigenvalue weighted by Crippen LogP contribution is -2.29. The summed E-state index contributed by atoms with van der Waals surface area (Å²) in [5.41, 5.74) is 3.06. The monoisotopic (exact) mass is 423 g/mol. The highest BCUT2D eigenvalue weighted by molar-refractivity contribution is 6.01. The summed E-state index contributed by atoms with van der Waals surface area (Å²) in [4.78, 5) is 12.5. The number of amides is 1. The maximum Gasteiger partial charge on any atom is 0.262 e. The quantitative estimate of drug-likeness (QED) is 0.380. The van der Waals surface area contributed by atoms with Crippen LogP contribution in [0.1, 0.15) is 29.8 Å². The third kappa shape index (κ3) is 5.89. The van der Waals surface area contributed by atoms with Crippen LogP contribution < -0.4 is 14.8 Å². The number of nitrogens with one attached hydrogen (secondary N) is 1. The van der Waals surface area contributed by atoms with Crippen molar-refractivity contribution < 1.29 is 19.0 Å². The predicted molar refractivity (Wildman–Crippen MR) is 118 cm³/mol. The Labute approximate surface area is 183 Å². The minimum absolute atomic E-state index is 0.0711. The molecule has 1 unspecified atom stereocenters. The van der Waals surface area contributed by atoms with Crippen molar-refractivity contribution in [3.8, 4) is 17.6 Å². The van der Waals surface area contributed by atoms with Gasteiger partial charge in [-0.05, 0) is 68.7 Å². The fourth-order valence-electron chi connectivity index (χ4n) is 3.65. The Hall–Kier alpha value is -3.24. The topological polar surface area (TPSA) is 85.5 Å². The number of methoxy groups -OCH3 is 1. The molecule has 1 saturated heterocycles. The van der Waals surface area contributed by atoms with Crippen molar-refractivity contribution in [1.29, 1.82) is 5.26 Å². The van der Waals surface area contributed by atoms with Crippen molar-refractivity contribution in [2.75, 3.05) is 26.9 Å². The molecule has 1 N–H and O–H groups in total. The van der Waals surface area contributed by atoms with Crippen LogP contribution in [0.2, 0.25) is 0 Å². The van der Waals surface area contributed by atoms with Crippen LogP contribution in [0, 0.1) is 25.2 Å². The van der Waals surface area contributed by atoms with E-state index in [0.29, 0.717) is 18.9 Å². The number of carbonyl (C=O) groups is 1. The SMILES string of the molecule is COc1ccc(OCCNC(=O)/C(C#N)=C/c2cc(C)n(CC3CCCO3)c2C)cc1. The lowest BCUT2D eigenvalue weighted by atomic mass is 10.1. The first kappa shape index (κ1) is 22.4. The summed E-state index contributed by atoms with van der Waals surface area (Å²) in [6, 6.07) is 11.2. The molecule has 2 heterocycles. The van der Waals surface area contributed by atoms with Crippen LogP contribution in [0.25, 0.3) is 6.08 Å². The molecule has 0 bridgehead atoms. The normalized spacial score (nSPS) is 16.1. The zero-order chi connectivity index (χ0) is 22.2. The highest BCUT2D eigenvalue weighted by Crippen LogP contribution is 2.22.